The number of nitrogens with zero attached hydrogens (tertiary/aromatic N) is 1. The zero-order valence-electron chi connectivity index (χ0n) is 20.0. The van der Waals surface area contributed by atoms with Gasteiger partial charge in [-0.1, -0.05) is 71.7 Å². The number of benzene rings is 3. The quantitative estimate of drug-likeness (QED) is 0.401. The zero-order chi connectivity index (χ0) is 26.4. The Balaban J connectivity index is 1.41. The Hall–Kier alpha value is -2.91. The van der Waals surface area contributed by atoms with Gasteiger partial charge in [0.05, 0.1) is 22.9 Å². The molecule has 0 spiro atoms. The second-order valence-corrected chi connectivity index (χ2v) is 11.7. The van der Waals surface area contributed by atoms with Crippen molar-refractivity contribution in [3.8, 4) is 0 Å². The maximum atomic E-state index is 13.1. The predicted octanol–water partition coefficient (Wildman–Crippen LogP) is 5.10. The molecule has 0 bridgehead atoms. The second-order valence-electron chi connectivity index (χ2n) is 8.89. The first kappa shape index (κ1) is 27.1. The SMILES string of the molecule is O=C(NCc1ccccc1)c1ccccc1NC(=O)[C@@H]1CCCN(S(=O)(=O)Cc2ccc(Cl)cc2Cl)C1. The molecule has 1 atom stereocenters. The fraction of sp³-hybridized carbons (Fsp3) is 0.259. The molecule has 10 heteroatoms. The van der Waals surface area contributed by atoms with Gasteiger partial charge in [-0.3, -0.25) is 9.59 Å². The van der Waals surface area contributed by atoms with E-state index in [1.165, 1.54) is 10.4 Å². The van der Waals surface area contributed by atoms with Gasteiger partial charge in [0, 0.05) is 29.7 Å². The summed E-state index contributed by atoms with van der Waals surface area (Å²) in [7, 11) is -3.70. The van der Waals surface area contributed by atoms with Crippen molar-refractivity contribution in [2.75, 3.05) is 18.4 Å². The fourth-order valence-electron chi connectivity index (χ4n) is 4.23. The van der Waals surface area contributed by atoms with Crippen molar-refractivity contribution >= 4 is 50.7 Å². The molecular weight excluding hydrogens is 533 g/mol. The van der Waals surface area contributed by atoms with Gasteiger partial charge in [-0.05, 0) is 48.2 Å². The third-order valence-corrected chi connectivity index (χ3v) is 8.61. The minimum absolute atomic E-state index is 0.0573. The van der Waals surface area contributed by atoms with E-state index < -0.39 is 15.9 Å². The molecule has 0 radical (unpaired) electrons. The number of anilines is 1. The number of carbonyl (C=O) groups is 2. The lowest BCUT2D eigenvalue weighted by Gasteiger charge is -2.31. The van der Waals surface area contributed by atoms with Crippen LogP contribution in [0.3, 0.4) is 0 Å². The van der Waals surface area contributed by atoms with Crippen LogP contribution in [-0.2, 0) is 27.1 Å². The van der Waals surface area contributed by atoms with Crippen molar-refractivity contribution in [2.24, 2.45) is 5.92 Å². The standard InChI is InChI=1S/C27H27Cl2N3O4S/c28-22-13-12-21(24(29)15-22)18-37(35,36)32-14-6-9-20(17-32)26(33)31-25-11-5-4-10-23(25)27(34)30-16-19-7-2-1-3-8-19/h1-5,7-8,10-13,15,20H,6,9,14,16-18H2,(H,30,34)(H,31,33)/t20-/m1/s1. The Bertz CT molecular complexity index is 1380. The van der Waals surface area contributed by atoms with E-state index in [0.717, 1.165) is 5.56 Å². The third-order valence-electron chi connectivity index (χ3n) is 6.23. The van der Waals surface area contributed by atoms with E-state index in [2.05, 4.69) is 10.6 Å². The first-order valence-electron chi connectivity index (χ1n) is 11.9. The Kier molecular flexibility index (Phi) is 8.87. The lowest BCUT2D eigenvalue weighted by Crippen LogP contribution is -2.44. The minimum Gasteiger partial charge on any atom is -0.348 e. The van der Waals surface area contributed by atoms with E-state index in [9.17, 15) is 18.0 Å². The molecule has 0 aromatic heterocycles. The van der Waals surface area contributed by atoms with Gasteiger partial charge in [-0.15, -0.1) is 0 Å². The fourth-order valence-corrected chi connectivity index (χ4v) is 6.43. The van der Waals surface area contributed by atoms with E-state index in [4.69, 9.17) is 23.2 Å². The summed E-state index contributed by atoms with van der Waals surface area (Å²) < 4.78 is 27.5. The largest absolute Gasteiger partial charge is 0.348 e. The molecule has 4 rings (SSSR count). The molecule has 2 N–H and O–H groups in total. The summed E-state index contributed by atoms with van der Waals surface area (Å²) in [6, 6.07) is 21.0. The number of halogens is 2. The molecule has 0 aliphatic carbocycles. The lowest BCUT2D eigenvalue weighted by molar-refractivity contribution is -0.120. The van der Waals surface area contributed by atoms with Crippen molar-refractivity contribution in [1.82, 2.24) is 9.62 Å². The van der Waals surface area contributed by atoms with Crippen molar-refractivity contribution in [1.29, 1.82) is 0 Å². The Morgan fingerprint density at radius 3 is 2.46 bits per heavy atom. The highest BCUT2D eigenvalue weighted by Crippen LogP contribution is 2.27. The highest BCUT2D eigenvalue weighted by Gasteiger charge is 2.33. The summed E-state index contributed by atoms with van der Waals surface area (Å²) in [4.78, 5) is 26.0. The summed E-state index contributed by atoms with van der Waals surface area (Å²) in [6.07, 6.45) is 1.09. The summed E-state index contributed by atoms with van der Waals surface area (Å²) in [6.45, 7) is 0.743. The molecule has 0 saturated carbocycles. The molecule has 2 amide bonds. The Labute approximate surface area is 226 Å². The molecule has 194 valence electrons. The Morgan fingerprint density at radius 2 is 1.70 bits per heavy atom. The van der Waals surface area contributed by atoms with Gasteiger partial charge in [-0.2, -0.15) is 0 Å². The maximum absolute atomic E-state index is 13.1. The molecule has 37 heavy (non-hydrogen) atoms. The maximum Gasteiger partial charge on any atom is 0.253 e. The van der Waals surface area contributed by atoms with Crippen LogP contribution in [0.1, 0.15) is 34.3 Å². The first-order valence-corrected chi connectivity index (χ1v) is 14.2. The highest BCUT2D eigenvalue weighted by molar-refractivity contribution is 7.88. The van der Waals surface area contributed by atoms with Crippen LogP contribution in [0.4, 0.5) is 5.69 Å². The van der Waals surface area contributed by atoms with Gasteiger partial charge in [0.2, 0.25) is 15.9 Å². The normalized spacial score (nSPS) is 16.2. The number of para-hydroxylation sites is 1. The number of piperidine rings is 1. The van der Waals surface area contributed by atoms with Crippen molar-refractivity contribution in [3.05, 3.63) is 99.5 Å². The van der Waals surface area contributed by atoms with E-state index >= 15 is 0 Å². The number of sulfonamides is 1. The molecule has 1 aliphatic heterocycles. The second kappa shape index (κ2) is 12.1. The van der Waals surface area contributed by atoms with Gasteiger partial charge >= 0.3 is 0 Å². The number of amides is 2. The van der Waals surface area contributed by atoms with Crippen LogP contribution >= 0.6 is 23.2 Å². The van der Waals surface area contributed by atoms with Crippen LogP contribution in [0, 0.1) is 5.92 Å². The lowest BCUT2D eigenvalue weighted by atomic mass is 9.98. The number of rotatable bonds is 8. The Morgan fingerprint density at radius 1 is 0.973 bits per heavy atom. The van der Waals surface area contributed by atoms with Crippen molar-refractivity contribution in [2.45, 2.75) is 25.1 Å². The molecule has 3 aromatic carbocycles. The van der Waals surface area contributed by atoms with Crippen LogP contribution < -0.4 is 10.6 Å². The van der Waals surface area contributed by atoms with Crippen LogP contribution in [-0.4, -0.2) is 37.6 Å². The molecule has 1 fully saturated rings. The minimum atomic E-state index is -3.70. The smallest absolute Gasteiger partial charge is 0.253 e. The predicted molar refractivity (Wildman–Crippen MR) is 146 cm³/mol. The molecule has 1 aliphatic rings. The van der Waals surface area contributed by atoms with Crippen molar-refractivity contribution in [3.63, 3.8) is 0 Å². The van der Waals surface area contributed by atoms with Crippen LogP contribution in [0.2, 0.25) is 10.0 Å². The van der Waals surface area contributed by atoms with Crippen LogP contribution in [0.25, 0.3) is 0 Å². The first-order chi connectivity index (χ1) is 17.7. The zero-order valence-corrected chi connectivity index (χ0v) is 22.3. The topological polar surface area (TPSA) is 95.6 Å². The average Bonchev–Trinajstić information content (AvgIpc) is 2.90. The van der Waals surface area contributed by atoms with E-state index in [0.29, 0.717) is 47.8 Å². The molecule has 1 heterocycles. The van der Waals surface area contributed by atoms with Crippen molar-refractivity contribution < 1.29 is 18.0 Å². The number of carbonyl (C=O) groups excluding carboxylic acids is 2. The summed E-state index contributed by atoms with van der Waals surface area (Å²) in [5, 5.41) is 6.42. The van der Waals surface area contributed by atoms with E-state index in [-0.39, 0.29) is 29.1 Å². The van der Waals surface area contributed by atoms with Crippen LogP contribution in [0.15, 0.2) is 72.8 Å². The van der Waals surface area contributed by atoms with Gasteiger partial charge < -0.3 is 10.6 Å². The van der Waals surface area contributed by atoms with Gasteiger partial charge in [0.1, 0.15) is 0 Å². The third kappa shape index (κ3) is 7.11. The van der Waals surface area contributed by atoms with E-state index in [1.54, 1.807) is 36.4 Å². The van der Waals surface area contributed by atoms with E-state index in [1.807, 2.05) is 30.3 Å². The highest BCUT2D eigenvalue weighted by atomic mass is 35.5. The molecule has 1 saturated heterocycles. The number of hydrogen-bond donors (Lipinski definition) is 2. The van der Waals surface area contributed by atoms with Crippen LogP contribution in [0.5, 0.6) is 0 Å². The van der Waals surface area contributed by atoms with Gasteiger partial charge in [-0.25, -0.2) is 12.7 Å². The molecule has 0 unspecified atom stereocenters. The van der Waals surface area contributed by atoms with Gasteiger partial charge in [0.15, 0.2) is 0 Å². The molecule has 7 nitrogen and oxygen atoms in total. The average molecular weight is 561 g/mol. The summed E-state index contributed by atoms with van der Waals surface area (Å²) >= 11 is 12.1. The summed E-state index contributed by atoms with van der Waals surface area (Å²) in [5.41, 5.74) is 2.13. The number of hydrogen-bond acceptors (Lipinski definition) is 4. The van der Waals surface area contributed by atoms with Gasteiger partial charge in [0.25, 0.3) is 5.91 Å². The monoisotopic (exact) mass is 559 g/mol. The molecule has 3 aromatic rings. The number of nitrogens with one attached hydrogen (secondary N) is 2. The molecular formula is C27H27Cl2N3O4S. The summed E-state index contributed by atoms with van der Waals surface area (Å²) in [5.74, 6) is -1.47.